The highest BCUT2D eigenvalue weighted by Gasteiger charge is 2.32. The predicted octanol–water partition coefficient (Wildman–Crippen LogP) is 3.56. The molecular weight excluding hydrogens is 267 g/mol. The lowest BCUT2D eigenvalue weighted by molar-refractivity contribution is -0.137. The van der Waals surface area contributed by atoms with E-state index in [1.54, 1.807) is 0 Å². The van der Waals surface area contributed by atoms with Gasteiger partial charge < -0.3 is 10.1 Å². The third-order valence-corrected chi connectivity index (χ3v) is 2.99. The largest absolute Gasteiger partial charge is 0.496 e. The van der Waals surface area contributed by atoms with Crippen LogP contribution >= 0.6 is 12.4 Å². The first-order chi connectivity index (χ1) is 8.02. The van der Waals surface area contributed by atoms with Crippen molar-refractivity contribution in [3.63, 3.8) is 0 Å². The zero-order valence-corrected chi connectivity index (χ0v) is 10.7. The Kier molecular flexibility index (Phi) is 4.87. The summed E-state index contributed by atoms with van der Waals surface area (Å²) in [4.78, 5) is 0. The smallest absolute Gasteiger partial charge is 0.416 e. The quantitative estimate of drug-likeness (QED) is 0.895. The Morgan fingerprint density at radius 3 is 2.56 bits per heavy atom. The molecule has 1 unspecified atom stereocenters. The minimum atomic E-state index is -4.31. The Morgan fingerprint density at radius 1 is 1.33 bits per heavy atom. The molecule has 1 aliphatic heterocycles. The van der Waals surface area contributed by atoms with Crippen molar-refractivity contribution in [1.29, 1.82) is 0 Å². The monoisotopic (exact) mass is 281 g/mol. The molecule has 18 heavy (non-hydrogen) atoms. The summed E-state index contributed by atoms with van der Waals surface area (Å²) in [7, 11) is 1.47. The number of hydrogen-bond acceptors (Lipinski definition) is 2. The summed E-state index contributed by atoms with van der Waals surface area (Å²) < 4.78 is 43.0. The van der Waals surface area contributed by atoms with Crippen LogP contribution in [0.3, 0.4) is 0 Å². The Labute approximate surface area is 110 Å². The number of halogens is 4. The molecule has 102 valence electrons. The molecule has 2 rings (SSSR count). The SMILES string of the molecule is COc1ccc(C(F)(F)F)cc1C1CCCN1.Cl. The highest BCUT2D eigenvalue weighted by atomic mass is 35.5. The van der Waals surface area contributed by atoms with Crippen molar-refractivity contribution in [3.05, 3.63) is 29.3 Å². The molecule has 0 radical (unpaired) electrons. The minimum Gasteiger partial charge on any atom is -0.496 e. The molecule has 0 spiro atoms. The zero-order valence-electron chi connectivity index (χ0n) is 9.88. The van der Waals surface area contributed by atoms with Gasteiger partial charge in [-0.25, -0.2) is 0 Å². The maximum Gasteiger partial charge on any atom is 0.416 e. The van der Waals surface area contributed by atoms with Crippen LogP contribution in [0.2, 0.25) is 0 Å². The third-order valence-electron chi connectivity index (χ3n) is 2.99. The first-order valence-corrected chi connectivity index (χ1v) is 5.51. The van der Waals surface area contributed by atoms with E-state index >= 15 is 0 Å². The number of methoxy groups -OCH3 is 1. The van der Waals surface area contributed by atoms with Crippen LogP contribution in [0, 0.1) is 0 Å². The average molecular weight is 282 g/mol. The van der Waals surface area contributed by atoms with Crippen molar-refractivity contribution < 1.29 is 17.9 Å². The number of hydrogen-bond donors (Lipinski definition) is 1. The van der Waals surface area contributed by atoms with Crippen molar-refractivity contribution in [3.8, 4) is 5.75 Å². The van der Waals surface area contributed by atoms with Gasteiger partial charge in [0.25, 0.3) is 0 Å². The van der Waals surface area contributed by atoms with Gasteiger partial charge in [-0.2, -0.15) is 13.2 Å². The number of rotatable bonds is 2. The number of alkyl halides is 3. The van der Waals surface area contributed by atoms with Crippen LogP contribution in [0.15, 0.2) is 18.2 Å². The van der Waals surface area contributed by atoms with Gasteiger partial charge in [0.2, 0.25) is 0 Å². The van der Waals surface area contributed by atoms with Crippen LogP contribution < -0.4 is 10.1 Å². The van der Waals surface area contributed by atoms with Gasteiger partial charge in [-0.15, -0.1) is 12.4 Å². The first kappa shape index (κ1) is 15.1. The van der Waals surface area contributed by atoms with E-state index in [4.69, 9.17) is 4.74 Å². The molecule has 2 nitrogen and oxygen atoms in total. The van der Waals surface area contributed by atoms with Gasteiger partial charge in [0.05, 0.1) is 12.7 Å². The van der Waals surface area contributed by atoms with Crippen LogP contribution in [-0.2, 0) is 6.18 Å². The summed E-state index contributed by atoms with van der Waals surface area (Å²) >= 11 is 0. The Morgan fingerprint density at radius 2 is 2.06 bits per heavy atom. The van der Waals surface area contributed by atoms with Crippen molar-refractivity contribution in [1.82, 2.24) is 5.32 Å². The molecular formula is C12H15ClF3NO. The van der Waals surface area contributed by atoms with E-state index in [0.717, 1.165) is 25.5 Å². The minimum absolute atomic E-state index is 0. The van der Waals surface area contributed by atoms with Crippen LogP contribution in [0.5, 0.6) is 5.75 Å². The molecule has 0 bridgehead atoms. The summed E-state index contributed by atoms with van der Waals surface area (Å²) in [6.07, 6.45) is -2.48. The number of nitrogens with one attached hydrogen (secondary N) is 1. The van der Waals surface area contributed by atoms with Crippen LogP contribution in [0.4, 0.5) is 13.2 Å². The molecule has 6 heteroatoms. The molecule has 0 aliphatic carbocycles. The maximum atomic E-state index is 12.6. The van der Waals surface area contributed by atoms with Crippen LogP contribution in [0.25, 0.3) is 0 Å². The molecule has 1 aliphatic rings. The lowest BCUT2D eigenvalue weighted by Crippen LogP contribution is -2.15. The molecule has 0 aromatic heterocycles. The topological polar surface area (TPSA) is 21.3 Å². The standard InChI is InChI=1S/C12H14F3NO.ClH/c1-17-11-5-4-8(12(13,14)15)7-9(11)10-3-2-6-16-10;/h4-5,7,10,16H,2-3,6H2,1H3;1H. The van der Waals surface area contributed by atoms with Crippen molar-refractivity contribution >= 4 is 12.4 Å². The molecule has 1 aromatic rings. The van der Waals surface area contributed by atoms with Gasteiger partial charge in [0.1, 0.15) is 5.75 Å². The molecule has 1 saturated heterocycles. The van der Waals surface area contributed by atoms with Gasteiger partial charge in [0.15, 0.2) is 0 Å². The van der Waals surface area contributed by atoms with E-state index in [0.29, 0.717) is 11.3 Å². The van der Waals surface area contributed by atoms with Crippen LogP contribution in [-0.4, -0.2) is 13.7 Å². The Bertz CT molecular complexity index is 403. The third kappa shape index (κ3) is 3.09. The van der Waals surface area contributed by atoms with E-state index in [-0.39, 0.29) is 18.4 Å². The molecule has 1 heterocycles. The highest BCUT2D eigenvalue weighted by Crippen LogP contribution is 2.36. The van der Waals surface area contributed by atoms with Crippen molar-refractivity contribution in [2.75, 3.05) is 13.7 Å². The van der Waals surface area contributed by atoms with E-state index in [9.17, 15) is 13.2 Å². The number of ether oxygens (including phenoxy) is 1. The van der Waals surface area contributed by atoms with Crippen molar-refractivity contribution in [2.24, 2.45) is 0 Å². The maximum absolute atomic E-state index is 12.6. The van der Waals surface area contributed by atoms with Gasteiger partial charge >= 0.3 is 6.18 Å². The van der Waals surface area contributed by atoms with E-state index in [1.807, 2.05) is 0 Å². The average Bonchev–Trinajstić information content (AvgIpc) is 2.80. The lowest BCUT2D eigenvalue weighted by atomic mass is 10.0. The summed E-state index contributed by atoms with van der Waals surface area (Å²) in [6.45, 7) is 0.837. The second-order valence-corrected chi connectivity index (χ2v) is 4.10. The van der Waals surface area contributed by atoms with Gasteiger partial charge in [0, 0.05) is 11.6 Å². The second kappa shape index (κ2) is 5.80. The van der Waals surface area contributed by atoms with Gasteiger partial charge in [-0.1, -0.05) is 0 Å². The summed E-state index contributed by atoms with van der Waals surface area (Å²) in [5, 5.41) is 3.18. The lowest BCUT2D eigenvalue weighted by Gasteiger charge is -2.17. The summed E-state index contributed by atoms with van der Waals surface area (Å²) in [5.41, 5.74) is -0.0261. The fourth-order valence-corrected chi connectivity index (χ4v) is 2.13. The first-order valence-electron chi connectivity index (χ1n) is 5.51. The second-order valence-electron chi connectivity index (χ2n) is 4.10. The fraction of sp³-hybridized carbons (Fsp3) is 0.500. The van der Waals surface area contributed by atoms with E-state index < -0.39 is 11.7 Å². The van der Waals surface area contributed by atoms with E-state index in [2.05, 4.69) is 5.32 Å². The Balaban J connectivity index is 0.00000162. The summed E-state index contributed by atoms with van der Waals surface area (Å²) in [6, 6.07) is 3.59. The molecule has 1 aromatic carbocycles. The van der Waals surface area contributed by atoms with Gasteiger partial charge in [-0.05, 0) is 37.6 Å². The van der Waals surface area contributed by atoms with Crippen LogP contribution in [0.1, 0.15) is 30.0 Å². The normalized spacial score (nSPS) is 19.4. The molecule has 1 fully saturated rings. The molecule has 1 atom stereocenters. The highest BCUT2D eigenvalue weighted by molar-refractivity contribution is 5.85. The summed E-state index contributed by atoms with van der Waals surface area (Å²) in [5.74, 6) is 0.511. The molecule has 1 N–H and O–H groups in total. The van der Waals surface area contributed by atoms with Crippen molar-refractivity contribution in [2.45, 2.75) is 25.1 Å². The fourth-order valence-electron chi connectivity index (χ4n) is 2.13. The zero-order chi connectivity index (χ0) is 12.5. The molecule has 0 amide bonds. The molecule has 0 saturated carbocycles. The predicted molar refractivity (Wildman–Crippen MR) is 65.2 cm³/mol. The van der Waals surface area contributed by atoms with E-state index in [1.165, 1.54) is 19.2 Å². The number of benzene rings is 1. The van der Waals surface area contributed by atoms with Gasteiger partial charge in [-0.3, -0.25) is 0 Å². The Hall–Kier alpha value is -0.940.